The molecule has 0 aromatic carbocycles. The molecule has 0 amide bonds. The number of nitrogens with zero attached hydrogens (tertiary/aromatic N) is 1. The van der Waals surface area contributed by atoms with Gasteiger partial charge in [-0.2, -0.15) is 0 Å². The van der Waals surface area contributed by atoms with Crippen molar-refractivity contribution in [3.8, 4) is 0 Å². The van der Waals surface area contributed by atoms with Crippen LogP contribution in [-0.2, 0) is 0 Å². The van der Waals surface area contributed by atoms with Crippen molar-refractivity contribution < 1.29 is 64.3 Å². The molecule has 1 rings (SSSR count). The van der Waals surface area contributed by atoms with E-state index in [0.717, 1.165) is 0 Å². The first-order valence-electron chi connectivity index (χ1n) is 3.24. The van der Waals surface area contributed by atoms with Gasteiger partial charge in [0, 0.05) is 6.20 Å². The summed E-state index contributed by atoms with van der Waals surface area (Å²) in [6.45, 7) is -3.69. The molecule has 1 heterocycles. The zero-order chi connectivity index (χ0) is 9.35. The second kappa shape index (κ2) is 5.14. The maximum absolute atomic E-state index is 12.2. The normalized spacial score (nSPS) is 10.8. The number of pyridine rings is 1. The Kier molecular flexibility index (Phi) is 5.50. The Hall–Kier alpha value is 0.931. The third-order valence-corrected chi connectivity index (χ3v) is 1.79. The molecule has 0 spiro atoms. The molecule has 0 aliphatic heterocycles. The van der Waals surface area contributed by atoms with Crippen LogP contribution in [0.4, 0.5) is 12.9 Å². The summed E-state index contributed by atoms with van der Waals surface area (Å²) in [6, 6.07) is 1.29. The van der Waals surface area contributed by atoms with Gasteiger partial charge in [-0.15, -0.1) is 0 Å². The molecule has 0 fully saturated rings. The maximum Gasteiger partial charge on any atom is 1.00 e. The summed E-state index contributed by atoms with van der Waals surface area (Å²) in [7, 11) is 0. The fraction of sp³-hybridized carbons (Fsp3) is 0.167. The van der Waals surface area contributed by atoms with E-state index >= 15 is 0 Å². The first-order valence-corrected chi connectivity index (χ1v) is 3.61. The zero-order valence-corrected chi connectivity index (χ0v) is 11.1. The van der Waals surface area contributed by atoms with Crippen molar-refractivity contribution in [2.24, 2.45) is 0 Å². The fourth-order valence-corrected chi connectivity index (χ4v) is 1.26. The summed E-state index contributed by atoms with van der Waals surface area (Å²) in [4.78, 5) is 3.37. The average molecular weight is 233 g/mol. The summed E-state index contributed by atoms with van der Waals surface area (Å²) >= 11 is 5.30. The Morgan fingerprint density at radius 2 is 1.92 bits per heavy atom. The monoisotopic (exact) mass is 233 g/mol. The van der Waals surface area contributed by atoms with E-state index in [2.05, 4.69) is 4.98 Å². The molecule has 13 heavy (non-hydrogen) atoms. The van der Waals surface area contributed by atoms with Gasteiger partial charge < -0.3 is 12.9 Å². The van der Waals surface area contributed by atoms with E-state index in [0.29, 0.717) is 0 Å². The van der Waals surface area contributed by atoms with Gasteiger partial charge in [0.25, 0.3) is 0 Å². The Bertz CT molecular complexity index is 284. The van der Waals surface area contributed by atoms with Crippen molar-refractivity contribution in [2.75, 3.05) is 0 Å². The molecule has 0 aliphatic rings. The molecule has 66 valence electrons. The third kappa shape index (κ3) is 3.53. The summed E-state index contributed by atoms with van der Waals surface area (Å²) in [5.41, 5.74) is -0.679. The largest absolute Gasteiger partial charge is 1.00 e. The molecule has 1 nitrogen and oxygen atoms in total. The van der Waals surface area contributed by atoms with Crippen molar-refractivity contribution in [3.05, 3.63) is 23.0 Å². The third-order valence-electron chi connectivity index (χ3n) is 1.49. The Labute approximate surface area is 122 Å². The Morgan fingerprint density at radius 1 is 1.38 bits per heavy atom. The van der Waals surface area contributed by atoms with Crippen LogP contribution >= 0.6 is 11.6 Å². The van der Waals surface area contributed by atoms with Gasteiger partial charge in [0.05, 0.1) is 0 Å². The van der Waals surface area contributed by atoms with Crippen LogP contribution in [0.2, 0.25) is 5.15 Å². The van der Waals surface area contributed by atoms with Gasteiger partial charge in [-0.05, 0) is 13.0 Å². The van der Waals surface area contributed by atoms with Gasteiger partial charge in [0.2, 0.25) is 0 Å². The van der Waals surface area contributed by atoms with Crippen LogP contribution in [0.15, 0.2) is 12.3 Å². The molecular weight excluding hydrogens is 228 g/mol. The van der Waals surface area contributed by atoms with Crippen molar-refractivity contribution in [1.82, 2.24) is 4.98 Å². The first kappa shape index (κ1) is 13.9. The number of halogens is 4. The molecule has 0 saturated carbocycles. The van der Waals surface area contributed by atoms with E-state index in [1.165, 1.54) is 19.2 Å². The minimum Gasteiger partial charge on any atom is -0.445 e. The Morgan fingerprint density at radius 3 is 2.23 bits per heavy atom. The molecule has 0 unspecified atom stereocenters. The molecule has 1 aromatic rings. The van der Waals surface area contributed by atoms with Crippen LogP contribution in [0.3, 0.4) is 0 Å². The predicted molar refractivity (Wildman–Crippen MR) is 42.7 cm³/mol. The topological polar surface area (TPSA) is 12.9 Å². The minimum absolute atomic E-state index is 0. The van der Waals surface area contributed by atoms with Gasteiger partial charge >= 0.3 is 58.4 Å². The van der Waals surface area contributed by atoms with Gasteiger partial charge in [0.1, 0.15) is 5.15 Å². The molecule has 1 aromatic heterocycles. The smallest absolute Gasteiger partial charge is 0.445 e. The molecule has 7 heteroatoms. The molecule has 0 saturated heterocycles. The summed E-state index contributed by atoms with van der Waals surface area (Å²) in [5.74, 6) is 0. The second-order valence-electron chi connectivity index (χ2n) is 2.41. The molecule has 0 bridgehead atoms. The SMILES string of the molecule is Cc1ccnc(Cl)c1[B-](F)(F)F.[K+]. The molecule has 0 aliphatic carbocycles. The van der Waals surface area contributed by atoms with Crippen molar-refractivity contribution in [1.29, 1.82) is 0 Å². The summed E-state index contributed by atoms with van der Waals surface area (Å²) in [5, 5.41) is -0.470. The number of aromatic nitrogens is 1. The van der Waals surface area contributed by atoms with E-state index in [1.807, 2.05) is 0 Å². The number of hydrogen-bond acceptors (Lipinski definition) is 1. The van der Waals surface area contributed by atoms with Crippen molar-refractivity contribution in [2.45, 2.75) is 6.92 Å². The minimum atomic E-state index is -5.05. The summed E-state index contributed by atoms with van der Waals surface area (Å²) in [6.07, 6.45) is 1.25. The predicted octanol–water partition coefficient (Wildman–Crippen LogP) is -0.898. The van der Waals surface area contributed by atoms with Crippen LogP contribution in [0, 0.1) is 6.92 Å². The average Bonchev–Trinajstić information content (AvgIpc) is 1.82. The van der Waals surface area contributed by atoms with Gasteiger partial charge in [-0.25, -0.2) is 4.98 Å². The number of aryl methyl sites for hydroxylation is 1. The molecule has 0 radical (unpaired) electrons. The van der Waals surface area contributed by atoms with Crippen LogP contribution in [0.25, 0.3) is 0 Å². The van der Waals surface area contributed by atoms with E-state index in [9.17, 15) is 12.9 Å². The van der Waals surface area contributed by atoms with Crippen LogP contribution in [-0.4, -0.2) is 12.0 Å². The fourth-order valence-electron chi connectivity index (χ4n) is 0.930. The van der Waals surface area contributed by atoms with Crippen molar-refractivity contribution in [3.63, 3.8) is 0 Å². The van der Waals surface area contributed by atoms with Crippen LogP contribution in [0.5, 0.6) is 0 Å². The standard InChI is InChI=1S/C6H5BClF3N.K/c1-4-2-3-12-6(8)5(4)7(9,10)11;/h2-3H,1H3;/q-1;+1. The van der Waals surface area contributed by atoms with E-state index in [-0.39, 0.29) is 56.9 Å². The van der Waals surface area contributed by atoms with Crippen LogP contribution < -0.4 is 56.8 Å². The van der Waals surface area contributed by atoms with E-state index in [1.54, 1.807) is 0 Å². The van der Waals surface area contributed by atoms with Gasteiger partial charge in [-0.1, -0.05) is 22.6 Å². The quantitative estimate of drug-likeness (QED) is 0.453. The van der Waals surface area contributed by atoms with Gasteiger partial charge in [0.15, 0.2) is 0 Å². The van der Waals surface area contributed by atoms with Crippen molar-refractivity contribution >= 4 is 24.0 Å². The van der Waals surface area contributed by atoms with E-state index < -0.39 is 17.6 Å². The van der Waals surface area contributed by atoms with Crippen LogP contribution in [0.1, 0.15) is 5.56 Å². The Balaban J connectivity index is 0.00000144. The second-order valence-corrected chi connectivity index (χ2v) is 2.77. The maximum atomic E-state index is 12.2. The van der Waals surface area contributed by atoms with E-state index in [4.69, 9.17) is 11.6 Å². The number of rotatable bonds is 1. The van der Waals surface area contributed by atoms with Gasteiger partial charge in [-0.3, -0.25) is 0 Å². The molecular formula is C6H5BClF3KN. The molecule has 0 N–H and O–H groups in total. The zero-order valence-electron chi connectivity index (χ0n) is 7.19. The first-order chi connectivity index (χ1) is 5.43. The number of hydrogen-bond donors (Lipinski definition) is 0. The summed E-state index contributed by atoms with van der Waals surface area (Å²) < 4.78 is 36.7. The molecule has 0 atom stereocenters.